The second-order valence-electron chi connectivity index (χ2n) is 6.53. The van der Waals surface area contributed by atoms with Gasteiger partial charge < -0.3 is 9.47 Å². The van der Waals surface area contributed by atoms with Crippen LogP contribution in [0.4, 0.5) is 0 Å². The monoisotopic (exact) mass is 429 g/mol. The highest BCUT2D eigenvalue weighted by atomic mass is 35.5. The van der Waals surface area contributed by atoms with Gasteiger partial charge in [-0.1, -0.05) is 22.9 Å². The number of amides is 2. The second kappa shape index (κ2) is 8.12. The van der Waals surface area contributed by atoms with E-state index in [0.717, 1.165) is 29.5 Å². The van der Waals surface area contributed by atoms with E-state index in [4.69, 9.17) is 11.6 Å². The van der Waals surface area contributed by atoms with Crippen LogP contribution in [0.25, 0.3) is 10.2 Å². The minimum Gasteiger partial charge on any atom is -0.342 e. The Morgan fingerprint density at radius 3 is 2.59 bits per heavy atom. The van der Waals surface area contributed by atoms with Crippen molar-refractivity contribution in [2.24, 2.45) is 12.0 Å². The van der Waals surface area contributed by atoms with Crippen molar-refractivity contribution in [1.82, 2.24) is 9.47 Å². The molecule has 2 amide bonds. The van der Waals surface area contributed by atoms with Gasteiger partial charge in [0.25, 0.3) is 5.91 Å². The molecular weight excluding hydrogens is 410 g/mol. The smallest absolute Gasteiger partial charge is 0.263 e. The Morgan fingerprint density at radius 1 is 1.19 bits per heavy atom. The lowest BCUT2D eigenvalue weighted by Crippen LogP contribution is -2.40. The van der Waals surface area contributed by atoms with Crippen molar-refractivity contribution in [2.75, 3.05) is 24.6 Å². The van der Waals surface area contributed by atoms with E-state index in [1.54, 1.807) is 28.6 Å². The topological polar surface area (TPSA) is 88.8 Å². The molecule has 0 atom stereocenters. The quantitative estimate of drug-likeness (QED) is 0.740. The molecular formula is C17H20ClN3O4S2. The van der Waals surface area contributed by atoms with Crippen molar-refractivity contribution in [3.63, 3.8) is 0 Å². The van der Waals surface area contributed by atoms with Gasteiger partial charge in [-0.05, 0) is 37.5 Å². The number of hydrogen-bond donors (Lipinski definition) is 0. The molecule has 1 aliphatic rings. The molecule has 146 valence electrons. The van der Waals surface area contributed by atoms with Crippen LogP contribution in [0.15, 0.2) is 23.2 Å². The summed E-state index contributed by atoms with van der Waals surface area (Å²) in [6.07, 6.45) is 2.81. The lowest BCUT2D eigenvalue weighted by Gasteiger charge is -2.26. The van der Waals surface area contributed by atoms with Crippen molar-refractivity contribution in [1.29, 1.82) is 0 Å². The first-order valence-electron chi connectivity index (χ1n) is 8.56. The highest BCUT2D eigenvalue weighted by Crippen LogP contribution is 2.21. The van der Waals surface area contributed by atoms with Crippen LogP contribution in [0.5, 0.6) is 0 Å². The van der Waals surface area contributed by atoms with E-state index in [2.05, 4.69) is 4.99 Å². The van der Waals surface area contributed by atoms with Crippen LogP contribution in [0.3, 0.4) is 0 Å². The number of thiazole rings is 1. The summed E-state index contributed by atoms with van der Waals surface area (Å²) < 4.78 is 27.0. The SMILES string of the molecule is Cn1c(=NC(=O)CS(=O)(=O)CC(=O)N2CCCCC2)sc2cc(Cl)ccc21. The number of nitrogens with zero attached hydrogens (tertiary/aromatic N) is 3. The molecule has 10 heteroatoms. The molecule has 0 saturated carbocycles. The molecule has 1 aliphatic heterocycles. The van der Waals surface area contributed by atoms with Gasteiger partial charge in [0.05, 0.1) is 10.2 Å². The van der Waals surface area contributed by atoms with Gasteiger partial charge in [-0.3, -0.25) is 9.59 Å². The molecule has 1 aromatic heterocycles. The molecule has 1 fully saturated rings. The number of aryl methyl sites for hydroxylation is 1. The molecule has 1 saturated heterocycles. The molecule has 7 nitrogen and oxygen atoms in total. The maximum atomic E-state index is 12.2. The summed E-state index contributed by atoms with van der Waals surface area (Å²) in [5, 5.41) is 0.570. The van der Waals surface area contributed by atoms with E-state index in [9.17, 15) is 18.0 Å². The first kappa shape index (κ1) is 20.0. The predicted molar refractivity (Wildman–Crippen MR) is 105 cm³/mol. The number of aromatic nitrogens is 1. The van der Waals surface area contributed by atoms with Crippen molar-refractivity contribution < 1.29 is 18.0 Å². The van der Waals surface area contributed by atoms with Crippen molar-refractivity contribution in [3.05, 3.63) is 28.0 Å². The zero-order valence-electron chi connectivity index (χ0n) is 14.9. The molecule has 3 rings (SSSR count). The van der Waals surface area contributed by atoms with Gasteiger partial charge in [0.15, 0.2) is 14.6 Å². The molecule has 0 radical (unpaired) electrons. The molecule has 1 aromatic carbocycles. The number of piperidine rings is 1. The standard InChI is InChI=1S/C17H20ClN3O4S2/c1-20-13-6-5-12(18)9-14(13)26-17(20)19-15(22)10-27(24,25)11-16(23)21-7-3-2-4-8-21/h5-6,9H,2-4,7-8,10-11H2,1H3. The number of fused-ring (bicyclic) bond motifs is 1. The van der Waals surface area contributed by atoms with E-state index >= 15 is 0 Å². The molecule has 0 spiro atoms. The Kier molecular flexibility index (Phi) is 6.02. The van der Waals surface area contributed by atoms with Gasteiger partial charge in [-0.15, -0.1) is 0 Å². The molecule has 0 bridgehead atoms. The lowest BCUT2D eigenvalue weighted by atomic mass is 10.1. The van der Waals surface area contributed by atoms with Crippen molar-refractivity contribution in [3.8, 4) is 0 Å². The van der Waals surface area contributed by atoms with Gasteiger partial charge in [-0.2, -0.15) is 4.99 Å². The number of carbonyl (C=O) groups is 2. The number of likely N-dealkylation sites (tertiary alicyclic amines) is 1. The Hall–Kier alpha value is -1.71. The van der Waals surface area contributed by atoms with Crippen LogP contribution in [0.1, 0.15) is 19.3 Å². The minimum absolute atomic E-state index is 0.384. The maximum Gasteiger partial charge on any atom is 0.263 e. The summed E-state index contributed by atoms with van der Waals surface area (Å²) >= 11 is 7.22. The van der Waals surface area contributed by atoms with E-state index in [-0.39, 0.29) is 0 Å². The molecule has 0 unspecified atom stereocenters. The fourth-order valence-corrected chi connectivity index (χ4v) is 5.43. The van der Waals surface area contributed by atoms with Crippen molar-refractivity contribution in [2.45, 2.75) is 19.3 Å². The van der Waals surface area contributed by atoms with Crippen LogP contribution < -0.4 is 4.80 Å². The fraction of sp³-hybridized carbons (Fsp3) is 0.471. The fourth-order valence-electron chi connectivity index (χ4n) is 3.02. The summed E-state index contributed by atoms with van der Waals surface area (Å²) in [6, 6.07) is 5.31. The summed E-state index contributed by atoms with van der Waals surface area (Å²) in [6.45, 7) is 1.15. The molecule has 27 heavy (non-hydrogen) atoms. The van der Waals surface area contributed by atoms with Crippen molar-refractivity contribution >= 4 is 54.8 Å². The average molecular weight is 430 g/mol. The number of carbonyl (C=O) groups excluding carboxylic acids is 2. The predicted octanol–water partition coefficient (Wildman–Crippen LogP) is 1.75. The van der Waals surface area contributed by atoms with Crippen LogP contribution in [-0.2, 0) is 26.5 Å². The Labute approximate surface area is 166 Å². The normalized spacial score (nSPS) is 16.1. The Morgan fingerprint density at radius 2 is 1.89 bits per heavy atom. The molecule has 0 aliphatic carbocycles. The van der Waals surface area contributed by atoms with Gasteiger partial charge >= 0.3 is 0 Å². The summed E-state index contributed by atoms with van der Waals surface area (Å²) in [5.74, 6) is -2.65. The summed E-state index contributed by atoms with van der Waals surface area (Å²) in [7, 11) is -2.12. The highest BCUT2D eigenvalue weighted by Gasteiger charge is 2.25. The molecule has 2 heterocycles. The van der Waals surface area contributed by atoms with Crippen LogP contribution in [0.2, 0.25) is 5.02 Å². The number of benzene rings is 1. The zero-order valence-corrected chi connectivity index (χ0v) is 17.2. The van der Waals surface area contributed by atoms with Crippen LogP contribution >= 0.6 is 22.9 Å². The lowest BCUT2D eigenvalue weighted by molar-refractivity contribution is -0.129. The number of sulfone groups is 1. The molecule has 2 aromatic rings. The average Bonchev–Trinajstić information content (AvgIpc) is 2.89. The van der Waals surface area contributed by atoms with E-state index in [1.165, 1.54) is 11.3 Å². The van der Waals surface area contributed by atoms with Crippen LogP contribution in [-0.4, -0.2) is 54.3 Å². The van der Waals surface area contributed by atoms with Gasteiger partial charge in [0, 0.05) is 25.2 Å². The molecule has 0 N–H and O–H groups in total. The number of rotatable bonds is 4. The number of hydrogen-bond acceptors (Lipinski definition) is 5. The number of halogens is 1. The van der Waals surface area contributed by atoms with E-state index < -0.39 is 33.2 Å². The third-order valence-electron chi connectivity index (χ3n) is 4.39. The Balaban J connectivity index is 1.73. The van der Waals surface area contributed by atoms with Crippen LogP contribution in [0, 0.1) is 0 Å². The largest absolute Gasteiger partial charge is 0.342 e. The van der Waals surface area contributed by atoms with E-state index in [1.807, 2.05) is 6.07 Å². The van der Waals surface area contributed by atoms with Gasteiger partial charge in [0.2, 0.25) is 5.91 Å². The zero-order chi connectivity index (χ0) is 19.6. The third kappa shape index (κ3) is 4.97. The maximum absolute atomic E-state index is 12.2. The van der Waals surface area contributed by atoms with Gasteiger partial charge in [0.1, 0.15) is 11.5 Å². The second-order valence-corrected chi connectivity index (χ2v) is 10.0. The first-order chi connectivity index (χ1) is 12.7. The summed E-state index contributed by atoms with van der Waals surface area (Å²) in [5.41, 5.74) is 0.846. The summed E-state index contributed by atoms with van der Waals surface area (Å²) in [4.78, 5) is 30.2. The highest BCUT2D eigenvalue weighted by molar-refractivity contribution is 7.92. The third-order valence-corrected chi connectivity index (χ3v) is 7.09. The van der Waals surface area contributed by atoms with Gasteiger partial charge in [-0.25, -0.2) is 8.42 Å². The Bertz CT molecular complexity index is 1050. The minimum atomic E-state index is -3.86. The van der Waals surface area contributed by atoms with E-state index in [0.29, 0.717) is 22.9 Å². The first-order valence-corrected chi connectivity index (χ1v) is 11.6.